The Morgan fingerprint density at radius 3 is 2.22 bits per heavy atom. The zero-order valence-electron chi connectivity index (χ0n) is 15.1. The van der Waals surface area contributed by atoms with E-state index in [1.54, 1.807) is 44.6 Å². The van der Waals surface area contributed by atoms with Crippen molar-refractivity contribution in [2.75, 3.05) is 32.2 Å². The van der Waals surface area contributed by atoms with E-state index in [-0.39, 0.29) is 5.69 Å². The summed E-state index contributed by atoms with van der Waals surface area (Å²) in [5.74, 6) is 1.21. The summed E-state index contributed by atoms with van der Waals surface area (Å²) >= 11 is 5.90. The lowest BCUT2D eigenvalue weighted by Gasteiger charge is -2.39. The van der Waals surface area contributed by atoms with Gasteiger partial charge in [0, 0.05) is 30.2 Å². The molecule has 1 aliphatic rings. The molecule has 3 rings (SSSR count). The van der Waals surface area contributed by atoms with Gasteiger partial charge >= 0.3 is 0 Å². The van der Waals surface area contributed by atoms with Gasteiger partial charge in [0.2, 0.25) is 0 Å². The molecule has 27 heavy (non-hydrogen) atoms. The summed E-state index contributed by atoms with van der Waals surface area (Å²) in [5.41, 5.74) is 0.133. The maximum Gasteiger partial charge on any atom is 0.294 e. The quantitative estimate of drug-likeness (QED) is 0.616. The maximum absolute atomic E-state index is 11.3. The highest BCUT2D eigenvalue weighted by Crippen LogP contribution is 2.40. The summed E-state index contributed by atoms with van der Waals surface area (Å²) in [4.78, 5) is 12.8. The van der Waals surface area contributed by atoms with Crippen molar-refractivity contribution in [1.29, 1.82) is 0 Å². The lowest BCUT2D eigenvalue weighted by atomic mass is 9.84. The average Bonchev–Trinajstić information content (AvgIpc) is 2.68. The number of piperidine rings is 1. The first-order valence-corrected chi connectivity index (χ1v) is 8.89. The standard InChI is InChI=1S/C19H21ClN2O5/c1-26-15-9-13(10-16(12-15)27-2)19(23)5-7-21(8-6-19)17-4-3-14(20)11-18(17)22(24)25/h3-4,9-12,23H,5-8H2,1-2H3. The Balaban J connectivity index is 1.84. The number of benzene rings is 2. The number of anilines is 1. The first-order valence-electron chi connectivity index (χ1n) is 8.51. The lowest BCUT2D eigenvalue weighted by Crippen LogP contribution is -2.42. The van der Waals surface area contributed by atoms with Crippen LogP contribution in [0.3, 0.4) is 0 Å². The van der Waals surface area contributed by atoms with Crippen LogP contribution >= 0.6 is 11.6 Å². The molecule has 0 bridgehead atoms. The van der Waals surface area contributed by atoms with Crippen molar-refractivity contribution >= 4 is 23.0 Å². The highest BCUT2D eigenvalue weighted by molar-refractivity contribution is 6.30. The van der Waals surface area contributed by atoms with Crippen molar-refractivity contribution in [1.82, 2.24) is 0 Å². The highest BCUT2D eigenvalue weighted by atomic mass is 35.5. The number of hydrogen-bond acceptors (Lipinski definition) is 6. The second-order valence-electron chi connectivity index (χ2n) is 6.51. The fourth-order valence-corrected chi connectivity index (χ4v) is 3.56. The molecule has 0 unspecified atom stereocenters. The third-order valence-corrected chi connectivity index (χ3v) is 5.19. The van der Waals surface area contributed by atoms with Crippen LogP contribution in [0, 0.1) is 10.1 Å². The van der Waals surface area contributed by atoms with Gasteiger partial charge in [-0.25, -0.2) is 0 Å². The van der Waals surface area contributed by atoms with Crippen LogP contribution in [-0.2, 0) is 5.60 Å². The smallest absolute Gasteiger partial charge is 0.294 e. The molecule has 2 aromatic carbocycles. The highest BCUT2D eigenvalue weighted by Gasteiger charge is 2.36. The number of hydrogen-bond donors (Lipinski definition) is 1. The maximum atomic E-state index is 11.3. The van der Waals surface area contributed by atoms with Gasteiger partial charge in [0.25, 0.3) is 5.69 Å². The van der Waals surface area contributed by atoms with Gasteiger partial charge in [-0.2, -0.15) is 0 Å². The van der Waals surface area contributed by atoms with E-state index in [1.165, 1.54) is 6.07 Å². The molecule has 0 amide bonds. The summed E-state index contributed by atoms with van der Waals surface area (Å²) in [6.07, 6.45) is 0.839. The van der Waals surface area contributed by atoms with E-state index in [0.29, 0.717) is 53.7 Å². The fraction of sp³-hybridized carbons (Fsp3) is 0.368. The zero-order valence-corrected chi connectivity index (χ0v) is 15.9. The SMILES string of the molecule is COc1cc(OC)cc(C2(O)CCN(c3ccc(Cl)cc3[N+](=O)[O-])CC2)c1. The summed E-state index contributed by atoms with van der Waals surface area (Å²) in [7, 11) is 3.12. The second kappa shape index (κ2) is 7.62. The Morgan fingerprint density at radius 2 is 1.70 bits per heavy atom. The van der Waals surface area contributed by atoms with Crippen LogP contribution in [0.2, 0.25) is 5.02 Å². The van der Waals surface area contributed by atoms with Crippen LogP contribution in [0.5, 0.6) is 11.5 Å². The van der Waals surface area contributed by atoms with Gasteiger partial charge in [-0.3, -0.25) is 10.1 Å². The van der Waals surface area contributed by atoms with Crippen molar-refractivity contribution < 1.29 is 19.5 Å². The second-order valence-corrected chi connectivity index (χ2v) is 6.95. The number of halogens is 1. The minimum absolute atomic E-state index is 0.0315. The van der Waals surface area contributed by atoms with Gasteiger partial charge < -0.3 is 19.5 Å². The number of nitrogens with zero attached hydrogens (tertiary/aromatic N) is 2. The molecule has 0 radical (unpaired) electrons. The summed E-state index contributed by atoms with van der Waals surface area (Å²) in [6, 6.07) is 9.98. The summed E-state index contributed by atoms with van der Waals surface area (Å²) in [5, 5.41) is 22.8. The van der Waals surface area contributed by atoms with Crippen molar-refractivity contribution in [3.8, 4) is 11.5 Å². The van der Waals surface area contributed by atoms with E-state index >= 15 is 0 Å². The zero-order chi connectivity index (χ0) is 19.6. The predicted molar refractivity (Wildman–Crippen MR) is 103 cm³/mol. The number of rotatable bonds is 5. The number of ether oxygens (including phenoxy) is 2. The Kier molecular flexibility index (Phi) is 5.43. The summed E-state index contributed by atoms with van der Waals surface area (Å²) in [6.45, 7) is 0.941. The van der Waals surface area contributed by atoms with Gasteiger partial charge in [0.15, 0.2) is 0 Å². The molecule has 1 aliphatic heterocycles. The van der Waals surface area contributed by atoms with Crippen molar-refractivity contribution in [3.63, 3.8) is 0 Å². The van der Waals surface area contributed by atoms with E-state index in [2.05, 4.69) is 0 Å². The first kappa shape index (κ1) is 19.3. The van der Waals surface area contributed by atoms with E-state index in [9.17, 15) is 15.2 Å². The third-order valence-electron chi connectivity index (χ3n) is 4.95. The average molecular weight is 393 g/mol. The Labute approximate surface area is 162 Å². The number of nitro benzene ring substituents is 1. The molecule has 1 N–H and O–H groups in total. The van der Waals surface area contributed by atoms with Crippen LogP contribution in [0.4, 0.5) is 11.4 Å². The summed E-state index contributed by atoms with van der Waals surface area (Å²) < 4.78 is 10.6. The van der Waals surface area contributed by atoms with Crippen LogP contribution in [0.15, 0.2) is 36.4 Å². The molecular formula is C19H21ClN2O5. The topological polar surface area (TPSA) is 85.1 Å². The molecule has 0 saturated carbocycles. The largest absolute Gasteiger partial charge is 0.497 e. The number of aliphatic hydroxyl groups is 1. The molecule has 0 aliphatic carbocycles. The van der Waals surface area contributed by atoms with Gasteiger partial charge in [0.1, 0.15) is 17.2 Å². The van der Waals surface area contributed by atoms with E-state index in [0.717, 1.165) is 0 Å². The Bertz CT molecular complexity index is 828. The Hall–Kier alpha value is -2.51. The molecule has 0 aromatic heterocycles. The monoisotopic (exact) mass is 392 g/mol. The normalized spacial score (nSPS) is 16.1. The molecule has 144 valence electrons. The van der Waals surface area contributed by atoms with Crippen LogP contribution in [-0.4, -0.2) is 37.3 Å². The van der Waals surface area contributed by atoms with Gasteiger partial charge in [-0.1, -0.05) is 11.6 Å². The third kappa shape index (κ3) is 3.94. The van der Waals surface area contributed by atoms with Gasteiger partial charge in [0.05, 0.1) is 24.7 Å². The minimum atomic E-state index is -1.06. The van der Waals surface area contributed by atoms with E-state index in [4.69, 9.17) is 21.1 Å². The van der Waals surface area contributed by atoms with Crippen LogP contribution in [0.25, 0.3) is 0 Å². The lowest BCUT2D eigenvalue weighted by molar-refractivity contribution is -0.384. The van der Waals surface area contributed by atoms with Crippen LogP contribution in [0.1, 0.15) is 18.4 Å². The Morgan fingerprint density at radius 1 is 1.11 bits per heavy atom. The van der Waals surface area contributed by atoms with Gasteiger partial charge in [-0.05, 0) is 42.7 Å². The molecule has 1 fully saturated rings. The molecule has 0 spiro atoms. The van der Waals surface area contributed by atoms with Crippen LogP contribution < -0.4 is 14.4 Å². The number of methoxy groups -OCH3 is 2. The van der Waals surface area contributed by atoms with E-state index < -0.39 is 10.5 Å². The van der Waals surface area contributed by atoms with Gasteiger partial charge in [-0.15, -0.1) is 0 Å². The number of nitro groups is 1. The minimum Gasteiger partial charge on any atom is -0.497 e. The molecule has 8 heteroatoms. The molecular weight excluding hydrogens is 372 g/mol. The fourth-order valence-electron chi connectivity index (χ4n) is 3.39. The molecule has 1 heterocycles. The molecule has 1 saturated heterocycles. The van der Waals surface area contributed by atoms with E-state index in [1.807, 2.05) is 4.90 Å². The van der Waals surface area contributed by atoms with Crippen molar-refractivity contribution in [3.05, 3.63) is 57.1 Å². The first-order chi connectivity index (χ1) is 12.9. The van der Waals surface area contributed by atoms with Crippen molar-refractivity contribution in [2.45, 2.75) is 18.4 Å². The predicted octanol–water partition coefficient (Wildman–Crippen LogP) is 3.75. The van der Waals surface area contributed by atoms with Crippen molar-refractivity contribution in [2.24, 2.45) is 0 Å². The molecule has 2 aromatic rings. The molecule has 7 nitrogen and oxygen atoms in total. The molecule has 0 atom stereocenters.